The smallest absolute Gasteiger partial charge is 0.235 e. The van der Waals surface area contributed by atoms with Gasteiger partial charge in [-0.25, -0.2) is 0 Å². The number of carbonyl (C=O) groups excluding carboxylic acids is 1. The molecule has 0 spiro atoms. The molecular formula is C7H12O3. The van der Waals surface area contributed by atoms with Crippen LogP contribution >= 0.6 is 0 Å². The summed E-state index contributed by atoms with van der Waals surface area (Å²) in [5, 5.41) is 17.8. The van der Waals surface area contributed by atoms with Crippen LogP contribution in [0.3, 0.4) is 0 Å². The van der Waals surface area contributed by atoms with Crippen molar-refractivity contribution in [2.45, 2.75) is 26.6 Å². The third kappa shape index (κ3) is 0.859. The minimum absolute atomic E-state index is 0.333. The predicted molar refractivity (Wildman–Crippen MR) is 35.1 cm³/mol. The first-order valence-electron chi connectivity index (χ1n) is 3.27. The average molecular weight is 144 g/mol. The highest BCUT2D eigenvalue weighted by molar-refractivity contribution is 6.05. The molecule has 1 aliphatic rings. The summed E-state index contributed by atoms with van der Waals surface area (Å²) in [7, 11) is 0. The summed E-state index contributed by atoms with van der Waals surface area (Å²) in [5.74, 6) is -3.09. The standard InChI is InChI=1S/C7H12O3/c1-6(2,3)4-5(8)7(4,9)10/h4,9-10H,1-3H3. The van der Waals surface area contributed by atoms with E-state index in [1.807, 2.05) is 20.8 Å². The van der Waals surface area contributed by atoms with Crippen LogP contribution in [0.5, 0.6) is 0 Å². The number of Topliss-reactive ketones (excluding diaryl/α,β-unsaturated/α-hetero) is 1. The Hall–Kier alpha value is -0.410. The maximum absolute atomic E-state index is 10.7. The van der Waals surface area contributed by atoms with E-state index < -0.39 is 17.5 Å². The van der Waals surface area contributed by atoms with Crippen molar-refractivity contribution in [3.05, 3.63) is 0 Å². The van der Waals surface area contributed by atoms with Gasteiger partial charge < -0.3 is 10.2 Å². The molecule has 1 unspecified atom stereocenters. The lowest BCUT2D eigenvalue weighted by molar-refractivity contribution is -0.135. The Balaban J connectivity index is 2.76. The average Bonchev–Trinajstić information content (AvgIpc) is 2.03. The van der Waals surface area contributed by atoms with Crippen molar-refractivity contribution < 1.29 is 15.0 Å². The Kier molecular flexibility index (Phi) is 1.23. The minimum atomic E-state index is -2.03. The Bertz CT molecular complexity index is 176. The highest BCUT2D eigenvalue weighted by atomic mass is 16.5. The summed E-state index contributed by atoms with van der Waals surface area (Å²) in [4.78, 5) is 10.7. The Morgan fingerprint density at radius 2 is 1.70 bits per heavy atom. The maximum atomic E-state index is 10.7. The molecule has 1 atom stereocenters. The van der Waals surface area contributed by atoms with Gasteiger partial charge in [-0.1, -0.05) is 20.8 Å². The monoisotopic (exact) mass is 144 g/mol. The van der Waals surface area contributed by atoms with Crippen LogP contribution in [0.25, 0.3) is 0 Å². The van der Waals surface area contributed by atoms with Gasteiger partial charge in [0.15, 0.2) is 0 Å². The zero-order chi connectivity index (χ0) is 8.15. The molecule has 0 saturated heterocycles. The highest BCUT2D eigenvalue weighted by Gasteiger charge is 2.68. The zero-order valence-electron chi connectivity index (χ0n) is 6.38. The van der Waals surface area contributed by atoms with Crippen LogP contribution in [0.1, 0.15) is 20.8 Å². The molecular weight excluding hydrogens is 132 g/mol. The van der Waals surface area contributed by atoms with E-state index in [-0.39, 0.29) is 5.41 Å². The van der Waals surface area contributed by atoms with E-state index in [1.165, 1.54) is 0 Å². The van der Waals surface area contributed by atoms with Crippen LogP contribution < -0.4 is 0 Å². The van der Waals surface area contributed by atoms with Gasteiger partial charge in [0.2, 0.25) is 11.6 Å². The summed E-state index contributed by atoms with van der Waals surface area (Å²) < 4.78 is 0. The van der Waals surface area contributed by atoms with Crippen LogP contribution in [0.15, 0.2) is 0 Å². The van der Waals surface area contributed by atoms with Crippen molar-refractivity contribution in [3.63, 3.8) is 0 Å². The summed E-state index contributed by atoms with van der Waals surface area (Å²) >= 11 is 0. The lowest BCUT2D eigenvalue weighted by Gasteiger charge is -2.15. The van der Waals surface area contributed by atoms with Crippen molar-refractivity contribution in [2.75, 3.05) is 0 Å². The Morgan fingerprint density at radius 1 is 1.40 bits per heavy atom. The molecule has 1 aliphatic carbocycles. The van der Waals surface area contributed by atoms with Gasteiger partial charge >= 0.3 is 0 Å². The molecule has 0 radical (unpaired) electrons. The SMILES string of the molecule is CC(C)(C)C1C(=O)C1(O)O. The van der Waals surface area contributed by atoms with Gasteiger partial charge in [0.05, 0.1) is 5.92 Å². The van der Waals surface area contributed by atoms with E-state index in [0.717, 1.165) is 0 Å². The third-order valence-corrected chi connectivity index (χ3v) is 1.81. The molecule has 0 aromatic heterocycles. The number of rotatable bonds is 0. The quantitative estimate of drug-likeness (QED) is 0.467. The number of carbonyl (C=O) groups is 1. The second kappa shape index (κ2) is 1.60. The highest BCUT2D eigenvalue weighted by Crippen LogP contribution is 2.48. The largest absolute Gasteiger partial charge is 0.359 e. The molecule has 2 N–H and O–H groups in total. The molecule has 0 amide bonds. The fraction of sp³-hybridized carbons (Fsp3) is 0.857. The van der Waals surface area contributed by atoms with E-state index in [9.17, 15) is 4.79 Å². The van der Waals surface area contributed by atoms with E-state index in [1.54, 1.807) is 0 Å². The van der Waals surface area contributed by atoms with Crippen LogP contribution in [0.2, 0.25) is 0 Å². The molecule has 0 bridgehead atoms. The molecule has 0 aromatic carbocycles. The summed E-state index contributed by atoms with van der Waals surface area (Å²) in [5.41, 5.74) is -0.333. The second-order valence-corrected chi connectivity index (χ2v) is 3.89. The van der Waals surface area contributed by atoms with Gasteiger partial charge in [0.25, 0.3) is 0 Å². The molecule has 0 aromatic rings. The molecule has 1 rings (SSSR count). The molecule has 10 heavy (non-hydrogen) atoms. The third-order valence-electron chi connectivity index (χ3n) is 1.81. The molecule has 0 aliphatic heterocycles. The lowest BCUT2D eigenvalue weighted by atomic mass is 9.89. The van der Waals surface area contributed by atoms with Crippen molar-refractivity contribution in [1.82, 2.24) is 0 Å². The van der Waals surface area contributed by atoms with Crippen molar-refractivity contribution >= 4 is 5.78 Å². The number of hydrogen-bond donors (Lipinski definition) is 2. The number of ketones is 1. The molecule has 58 valence electrons. The summed E-state index contributed by atoms with van der Waals surface area (Å²) in [6.07, 6.45) is 0. The van der Waals surface area contributed by atoms with Gasteiger partial charge in [-0.3, -0.25) is 4.79 Å². The number of hydrogen-bond acceptors (Lipinski definition) is 3. The fourth-order valence-electron chi connectivity index (χ4n) is 1.28. The van der Waals surface area contributed by atoms with Crippen molar-refractivity contribution in [2.24, 2.45) is 11.3 Å². The molecule has 0 heterocycles. The first-order chi connectivity index (χ1) is 4.28. The predicted octanol–water partition coefficient (Wildman–Crippen LogP) is -0.0877. The van der Waals surface area contributed by atoms with E-state index >= 15 is 0 Å². The first-order valence-corrected chi connectivity index (χ1v) is 3.27. The molecule has 1 saturated carbocycles. The fourth-order valence-corrected chi connectivity index (χ4v) is 1.28. The molecule has 1 fully saturated rings. The molecule has 3 nitrogen and oxygen atoms in total. The minimum Gasteiger partial charge on any atom is -0.359 e. The van der Waals surface area contributed by atoms with E-state index in [0.29, 0.717) is 0 Å². The van der Waals surface area contributed by atoms with Gasteiger partial charge in [0, 0.05) is 0 Å². The van der Waals surface area contributed by atoms with Crippen LogP contribution in [0, 0.1) is 11.3 Å². The van der Waals surface area contributed by atoms with Crippen LogP contribution in [-0.2, 0) is 4.79 Å². The van der Waals surface area contributed by atoms with E-state index in [4.69, 9.17) is 10.2 Å². The van der Waals surface area contributed by atoms with E-state index in [2.05, 4.69) is 0 Å². The normalized spacial score (nSPS) is 30.5. The van der Waals surface area contributed by atoms with Crippen molar-refractivity contribution in [3.8, 4) is 0 Å². The topological polar surface area (TPSA) is 57.5 Å². The summed E-state index contributed by atoms with van der Waals surface area (Å²) in [6.45, 7) is 5.43. The molecule has 3 heteroatoms. The van der Waals surface area contributed by atoms with Gasteiger partial charge in [-0.15, -0.1) is 0 Å². The van der Waals surface area contributed by atoms with Crippen molar-refractivity contribution in [1.29, 1.82) is 0 Å². The Labute approximate surface area is 59.7 Å². The van der Waals surface area contributed by atoms with Crippen LogP contribution in [0.4, 0.5) is 0 Å². The van der Waals surface area contributed by atoms with Gasteiger partial charge in [0.1, 0.15) is 0 Å². The van der Waals surface area contributed by atoms with Gasteiger partial charge in [-0.2, -0.15) is 0 Å². The van der Waals surface area contributed by atoms with Gasteiger partial charge in [-0.05, 0) is 5.41 Å². The van der Waals surface area contributed by atoms with Crippen LogP contribution in [-0.4, -0.2) is 21.8 Å². The first kappa shape index (κ1) is 7.69. The zero-order valence-corrected chi connectivity index (χ0v) is 6.38. The Morgan fingerprint density at radius 3 is 1.70 bits per heavy atom. The summed E-state index contributed by atoms with van der Waals surface area (Å²) in [6, 6.07) is 0. The maximum Gasteiger partial charge on any atom is 0.235 e. The number of aliphatic hydroxyl groups is 2. The lowest BCUT2D eigenvalue weighted by Crippen LogP contribution is -2.19. The second-order valence-electron chi connectivity index (χ2n) is 3.89.